The highest BCUT2D eigenvalue weighted by molar-refractivity contribution is 8.00. The van der Waals surface area contributed by atoms with Gasteiger partial charge in [0.1, 0.15) is 5.70 Å². The Morgan fingerprint density at radius 3 is 2.27 bits per heavy atom. The van der Waals surface area contributed by atoms with Crippen molar-refractivity contribution in [1.29, 1.82) is 0 Å². The number of aryl methyl sites for hydroxylation is 1. The number of hydrogen-bond donors (Lipinski definition) is 3. The van der Waals surface area contributed by atoms with E-state index in [1.807, 2.05) is 26.0 Å². The van der Waals surface area contributed by atoms with Crippen LogP contribution in [-0.2, 0) is 9.59 Å². The Kier molecular flexibility index (Phi) is 10.9. The lowest BCUT2D eigenvalue weighted by Crippen LogP contribution is -2.30. The van der Waals surface area contributed by atoms with Gasteiger partial charge in [-0.05, 0) is 85.1 Å². The molecule has 0 saturated carbocycles. The quantitative estimate of drug-likeness (QED) is 0.0683. The lowest BCUT2D eigenvalue weighted by Gasteiger charge is -2.16. The Balaban J connectivity index is 1.51. The number of nitrogens with one attached hydrogen (secondary N) is 3. The van der Waals surface area contributed by atoms with E-state index >= 15 is 0 Å². The number of nitro benzene ring substituents is 1. The molecule has 0 heterocycles. The van der Waals surface area contributed by atoms with Crippen molar-refractivity contribution < 1.29 is 19.3 Å². The Hall–Kier alpha value is -4.93. The summed E-state index contributed by atoms with van der Waals surface area (Å²) in [7, 11) is 0. The molecule has 4 aromatic carbocycles. The van der Waals surface area contributed by atoms with E-state index in [0.717, 1.165) is 10.5 Å². The molecule has 0 aliphatic rings. The molecule has 0 radical (unpaired) electrons. The molecule has 4 rings (SSSR count). The molecule has 1 atom stereocenters. The first-order valence-electron chi connectivity index (χ1n) is 13.6. The number of nitro groups is 1. The summed E-state index contributed by atoms with van der Waals surface area (Å²) in [6.07, 6.45) is 1.99. The number of benzene rings is 4. The molecule has 3 amide bonds. The second kappa shape index (κ2) is 15.0. The molecule has 11 heteroatoms. The van der Waals surface area contributed by atoms with Crippen LogP contribution in [0.3, 0.4) is 0 Å². The number of carbonyl (C=O) groups is 3. The zero-order valence-corrected chi connectivity index (χ0v) is 25.4. The Bertz CT molecular complexity index is 1710. The van der Waals surface area contributed by atoms with Gasteiger partial charge in [0.15, 0.2) is 0 Å². The standard InChI is InChI=1S/C33H29ClN4O5S/c1-3-30(33(41)36-25-15-12-21(2)28(34)20-25)44-27-11-7-10-24(19-27)35-32(40)29(37-31(39)23-8-5-4-6-9-23)18-22-13-16-26(17-14-22)38(42)43/h4-20,30H,3H2,1-2H3,(H,35,40)(H,36,41)(H,37,39)/b29-18+. The summed E-state index contributed by atoms with van der Waals surface area (Å²) in [5.41, 5.74) is 2.64. The van der Waals surface area contributed by atoms with Crippen LogP contribution in [0.5, 0.6) is 0 Å². The molecule has 0 aliphatic heterocycles. The summed E-state index contributed by atoms with van der Waals surface area (Å²) in [6, 6.07) is 26.4. The van der Waals surface area contributed by atoms with Crippen LogP contribution in [0.15, 0.2) is 108 Å². The summed E-state index contributed by atoms with van der Waals surface area (Å²) in [4.78, 5) is 50.6. The van der Waals surface area contributed by atoms with Crippen LogP contribution in [0.1, 0.15) is 34.8 Å². The van der Waals surface area contributed by atoms with Crippen LogP contribution in [0, 0.1) is 17.0 Å². The minimum atomic E-state index is -0.601. The van der Waals surface area contributed by atoms with Gasteiger partial charge in [-0.3, -0.25) is 24.5 Å². The summed E-state index contributed by atoms with van der Waals surface area (Å²) >= 11 is 7.55. The molecule has 0 aromatic heterocycles. The van der Waals surface area contributed by atoms with E-state index in [1.165, 1.54) is 42.1 Å². The predicted molar refractivity (Wildman–Crippen MR) is 175 cm³/mol. The van der Waals surface area contributed by atoms with E-state index < -0.39 is 22.0 Å². The fourth-order valence-electron chi connectivity index (χ4n) is 4.03. The van der Waals surface area contributed by atoms with Crippen LogP contribution >= 0.6 is 23.4 Å². The molecule has 0 bridgehead atoms. The first kappa shape index (κ1) is 32.0. The predicted octanol–water partition coefficient (Wildman–Crippen LogP) is 7.48. The third kappa shape index (κ3) is 8.79. The number of rotatable bonds is 11. The Morgan fingerprint density at radius 1 is 0.909 bits per heavy atom. The van der Waals surface area contributed by atoms with Gasteiger partial charge in [0.05, 0.1) is 10.2 Å². The van der Waals surface area contributed by atoms with Crippen molar-refractivity contribution in [2.45, 2.75) is 30.4 Å². The lowest BCUT2D eigenvalue weighted by atomic mass is 10.1. The number of hydrogen-bond acceptors (Lipinski definition) is 6. The maximum absolute atomic E-state index is 13.4. The lowest BCUT2D eigenvalue weighted by molar-refractivity contribution is -0.384. The van der Waals surface area contributed by atoms with Crippen LogP contribution in [0.2, 0.25) is 5.02 Å². The zero-order valence-electron chi connectivity index (χ0n) is 23.9. The average molecular weight is 629 g/mol. The third-order valence-electron chi connectivity index (χ3n) is 6.42. The van der Waals surface area contributed by atoms with Crippen molar-refractivity contribution in [3.8, 4) is 0 Å². The third-order valence-corrected chi connectivity index (χ3v) is 8.18. The molecular formula is C33H29ClN4O5S. The highest BCUT2D eigenvalue weighted by Crippen LogP contribution is 2.29. The number of anilines is 2. The van der Waals surface area contributed by atoms with Gasteiger partial charge in [-0.2, -0.15) is 0 Å². The molecule has 4 aromatic rings. The van der Waals surface area contributed by atoms with Gasteiger partial charge < -0.3 is 16.0 Å². The number of non-ortho nitro benzene ring substituents is 1. The molecule has 3 N–H and O–H groups in total. The fraction of sp³-hybridized carbons (Fsp3) is 0.121. The SMILES string of the molecule is CCC(Sc1cccc(NC(=O)/C(=C\c2ccc([N+](=O)[O-])cc2)NC(=O)c2ccccc2)c1)C(=O)Nc1ccc(C)c(Cl)c1. The Morgan fingerprint density at radius 2 is 1.61 bits per heavy atom. The van der Waals surface area contributed by atoms with Gasteiger partial charge in [-0.25, -0.2) is 0 Å². The van der Waals surface area contributed by atoms with Crippen molar-refractivity contribution in [2.75, 3.05) is 10.6 Å². The monoisotopic (exact) mass is 628 g/mol. The second-order valence-electron chi connectivity index (χ2n) is 9.68. The second-order valence-corrected chi connectivity index (χ2v) is 11.4. The van der Waals surface area contributed by atoms with E-state index in [9.17, 15) is 24.5 Å². The average Bonchev–Trinajstić information content (AvgIpc) is 3.02. The van der Waals surface area contributed by atoms with Crippen molar-refractivity contribution in [2.24, 2.45) is 0 Å². The normalized spacial score (nSPS) is 11.8. The minimum absolute atomic E-state index is 0.0617. The van der Waals surface area contributed by atoms with Gasteiger partial charge in [-0.1, -0.05) is 48.9 Å². The molecule has 1 unspecified atom stereocenters. The van der Waals surface area contributed by atoms with Gasteiger partial charge in [-0.15, -0.1) is 11.8 Å². The minimum Gasteiger partial charge on any atom is -0.325 e. The first-order chi connectivity index (χ1) is 21.1. The summed E-state index contributed by atoms with van der Waals surface area (Å²) in [5, 5.41) is 19.6. The number of halogens is 1. The van der Waals surface area contributed by atoms with E-state index in [0.29, 0.717) is 33.9 Å². The van der Waals surface area contributed by atoms with Crippen LogP contribution in [0.4, 0.5) is 17.1 Å². The van der Waals surface area contributed by atoms with E-state index in [1.54, 1.807) is 60.7 Å². The van der Waals surface area contributed by atoms with Crippen LogP contribution in [-0.4, -0.2) is 27.9 Å². The summed E-state index contributed by atoms with van der Waals surface area (Å²) in [6.45, 7) is 3.80. The molecule has 0 saturated heterocycles. The van der Waals surface area contributed by atoms with Crippen molar-refractivity contribution in [1.82, 2.24) is 5.32 Å². The maximum atomic E-state index is 13.4. The zero-order chi connectivity index (χ0) is 31.6. The summed E-state index contributed by atoms with van der Waals surface area (Å²) in [5.74, 6) is -1.27. The molecule has 0 aliphatic carbocycles. The number of carbonyl (C=O) groups excluding carboxylic acids is 3. The smallest absolute Gasteiger partial charge is 0.272 e. The van der Waals surface area contributed by atoms with Crippen molar-refractivity contribution >= 4 is 64.2 Å². The van der Waals surface area contributed by atoms with E-state index in [4.69, 9.17) is 11.6 Å². The largest absolute Gasteiger partial charge is 0.325 e. The van der Waals surface area contributed by atoms with Crippen LogP contribution in [0.25, 0.3) is 6.08 Å². The topological polar surface area (TPSA) is 130 Å². The molecule has 224 valence electrons. The van der Waals surface area contributed by atoms with Crippen molar-refractivity contribution in [3.05, 3.63) is 135 Å². The molecule has 0 fully saturated rings. The van der Waals surface area contributed by atoms with E-state index in [-0.39, 0.29) is 17.3 Å². The Labute approximate surface area is 263 Å². The van der Waals surface area contributed by atoms with E-state index in [2.05, 4.69) is 16.0 Å². The number of thioether (sulfide) groups is 1. The van der Waals surface area contributed by atoms with Gasteiger partial charge >= 0.3 is 0 Å². The maximum Gasteiger partial charge on any atom is 0.272 e. The van der Waals surface area contributed by atoms with Crippen molar-refractivity contribution in [3.63, 3.8) is 0 Å². The highest BCUT2D eigenvalue weighted by Gasteiger charge is 2.20. The molecule has 9 nitrogen and oxygen atoms in total. The van der Waals surface area contributed by atoms with Crippen LogP contribution < -0.4 is 16.0 Å². The highest BCUT2D eigenvalue weighted by atomic mass is 35.5. The molecular weight excluding hydrogens is 600 g/mol. The fourth-order valence-corrected chi connectivity index (χ4v) is 5.22. The summed E-state index contributed by atoms with van der Waals surface area (Å²) < 4.78 is 0. The molecule has 0 spiro atoms. The molecule has 44 heavy (non-hydrogen) atoms. The van der Waals surface area contributed by atoms with Gasteiger partial charge in [0.25, 0.3) is 17.5 Å². The number of amides is 3. The first-order valence-corrected chi connectivity index (χ1v) is 14.9. The number of nitrogens with zero attached hydrogens (tertiary/aromatic N) is 1. The van der Waals surface area contributed by atoms with Gasteiger partial charge in [0.2, 0.25) is 5.91 Å². The van der Waals surface area contributed by atoms with Gasteiger partial charge in [0, 0.05) is 39.0 Å².